The summed E-state index contributed by atoms with van der Waals surface area (Å²) < 4.78 is 39.7. The fourth-order valence-corrected chi connectivity index (χ4v) is 8.41. The monoisotopic (exact) mass is 726 g/mol. The molecular formula is C37H66N4O10. The van der Waals surface area contributed by atoms with Crippen molar-refractivity contribution in [3.63, 3.8) is 0 Å². The van der Waals surface area contributed by atoms with E-state index in [0.29, 0.717) is 25.1 Å². The molecule has 0 radical (unpaired) electrons. The predicted molar refractivity (Wildman–Crippen MR) is 189 cm³/mol. The van der Waals surface area contributed by atoms with Crippen molar-refractivity contribution in [1.29, 1.82) is 0 Å². The minimum atomic E-state index is -1.46. The number of esters is 1. The third-order valence-electron chi connectivity index (χ3n) is 11.6. The van der Waals surface area contributed by atoms with Gasteiger partial charge in [-0.25, -0.2) is 0 Å². The lowest BCUT2D eigenvalue weighted by atomic mass is 9.77. The Morgan fingerprint density at radius 1 is 1.02 bits per heavy atom. The fourth-order valence-electron chi connectivity index (χ4n) is 8.41. The van der Waals surface area contributed by atoms with Crippen LogP contribution in [-0.4, -0.2) is 148 Å². The Morgan fingerprint density at radius 2 is 1.69 bits per heavy atom. The van der Waals surface area contributed by atoms with Crippen LogP contribution in [0, 0.1) is 17.8 Å². The molecular weight excluding hydrogens is 660 g/mol. The highest BCUT2D eigenvalue weighted by molar-refractivity contribution is 5.73. The van der Waals surface area contributed by atoms with Crippen molar-refractivity contribution >= 4 is 5.97 Å². The Kier molecular flexibility index (Phi) is 13.8. The standard InChI is InChI=1S/C37H66N4O10/c1-20-17-36(7,45)33(51-35-29(42)27(39(9)10)16-21(2)47-35)22(3)30(49-28-18-37(8,46-13)32(43)25(6)48-28)23(4)34(44)50-31(24(5)40(11)19-20)26-14-15-41(12)38-26/h14-15,20-25,27-33,35,42-43,45H,16-19H2,1-13H3/t20-,21-,22+,23-,24+,25+,27+,28+,29-,30+,31+,32+,33-,35+,36+,37-/m1/s1. The zero-order valence-corrected chi connectivity index (χ0v) is 33.1. The van der Waals surface area contributed by atoms with Gasteiger partial charge in [0.1, 0.15) is 17.9 Å². The molecule has 0 amide bonds. The molecule has 3 fully saturated rings. The van der Waals surface area contributed by atoms with E-state index in [9.17, 15) is 20.1 Å². The van der Waals surface area contributed by atoms with E-state index in [1.54, 1.807) is 32.4 Å². The van der Waals surface area contributed by atoms with Crippen molar-refractivity contribution < 1.29 is 48.5 Å². The van der Waals surface area contributed by atoms with E-state index in [4.69, 9.17) is 28.4 Å². The van der Waals surface area contributed by atoms with E-state index in [2.05, 4.69) is 16.9 Å². The van der Waals surface area contributed by atoms with Gasteiger partial charge in [-0.05, 0) is 87.5 Å². The maximum absolute atomic E-state index is 14.4. The highest BCUT2D eigenvalue weighted by Gasteiger charge is 2.51. The zero-order chi connectivity index (χ0) is 38.2. The summed E-state index contributed by atoms with van der Waals surface area (Å²) in [4.78, 5) is 18.4. The summed E-state index contributed by atoms with van der Waals surface area (Å²) in [6, 6.07) is 1.36. The molecule has 3 saturated heterocycles. The summed E-state index contributed by atoms with van der Waals surface area (Å²) >= 11 is 0. The molecule has 0 unspecified atom stereocenters. The number of likely N-dealkylation sites (N-methyl/N-ethyl adjacent to an activating group) is 2. The number of aliphatic hydroxyl groups excluding tert-OH is 2. The number of ether oxygens (including phenoxy) is 6. The largest absolute Gasteiger partial charge is 0.454 e. The summed E-state index contributed by atoms with van der Waals surface area (Å²) in [5, 5.41) is 39.5. The maximum Gasteiger partial charge on any atom is 0.312 e. The van der Waals surface area contributed by atoms with E-state index < -0.39 is 78.2 Å². The van der Waals surface area contributed by atoms with Crippen LogP contribution in [0.3, 0.4) is 0 Å². The van der Waals surface area contributed by atoms with E-state index >= 15 is 0 Å². The van der Waals surface area contributed by atoms with Crippen LogP contribution in [0.4, 0.5) is 0 Å². The molecule has 0 aliphatic carbocycles. The van der Waals surface area contributed by atoms with Gasteiger partial charge in [-0.1, -0.05) is 13.8 Å². The SMILES string of the molecule is CO[C@]1(C)C[C@H](O[C@H]2[C@H](C)[C@@H](O[C@@H]3O[C@H](C)C[C@H](N(C)C)[C@H]3O)[C@@](C)(O)C[C@@H](C)CN(C)[C@@H](C)[C@@H](c3ccn(C)n3)OC(=O)[C@@H]2C)O[C@@H](C)[C@@H]1O. The van der Waals surface area contributed by atoms with Crippen molar-refractivity contribution in [3.8, 4) is 0 Å². The molecule has 51 heavy (non-hydrogen) atoms. The summed E-state index contributed by atoms with van der Waals surface area (Å²) in [6.45, 7) is 15.5. The third-order valence-corrected chi connectivity index (χ3v) is 11.6. The molecule has 1 aromatic heterocycles. The summed E-state index contributed by atoms with van der Waals surface area (Å²) in [6.07, 6.45) is -4.29. The molecule has 294 valence electrons. The zero-order valence-electron chi connectivity index (χ0n) is 33.1. The molecule has 3 N–H and O–H groups in total. The van der Waals surface area contributed by atoms with E-state index in [1.807, 2.05) is 66.1 Å². The van der Waals surface area contributed by atoms with Gasteiger partial charge in [0, 0.05) is 51.3 Å². The first-order chi connectivity index (χ1) is 23.7. The Bertz CT molecular complexity index is 1280. The van der Waals surface area contributed by atoms with Gasteiger partial charge in [-0.15, -0.1) is 0 Å². The van der Waals surface area contributed by atoms with Crippen molar-refractivity contribution in [3.05, 3.63) is 18.0 Å². The van der Waals surface area contributed by atoms with E-state index in [1.165, 1.54) is 7.11 Å². The topological polar surface area (TPSA) is 157 Å². The molecule has 4 heterocycles. The fraction of sp³-hybridized carbons (Fsp3) is 0.892. The predicted octanol–water partition coefficient (Wildman–Crippen LogP) is 2.49. The summed E-state index contributed by atoms with van der Waals surface area (Å²) in [7, 11) is 9.15. The van der Waals surface area contributed by atoms with Gasteiger partial charge in [0.25, 0.3) is 0 Å². The molecule has 4 rings (SSSR count). The van der Waals surface area contributed by atoms with Crippen molar-refractivity contribution in [1.82, 2.24) is 19.6 Å². The second kappa shape index (κ2) is 16.7. The van der Waals surface area contributed by atoms with Crippen molar-refractivity contribution in [2.45, 2.75) is 153 Å². The number of rotatable bonds is 7. The molecule has 0 bridgehead atoms. The molecule has 0 spiro atoms. The molecule has 14 nitrogen and oxygen atoms in total. The van der Waals surface area contributed by atoms with Crippen LogP contribution in [-0.2, 0) is 40.3 Å². The maximum atomic E-state index is 14.4. The number of aliphatic hydroxyl groups is 3. The summed E-state index contributed by atoms with van der Waals surface area (Å²) in [5.41, 5.74) is -1.81. The van der Waals surface area contributed by atoms with Crippen molar-refractivity contribution in [2.75, 3.05) is 34.8 Å². The Balaban J connectivity index is 1.80. The second-order valence-electron chi connectivity index (χ2n) is 16.4. The Labute approximate surface area is 304 Å². The Morgan fingerprint density at radius 3 is 2.27 bits per heavy atom. The first kappa shape index (κ1) is 42.0. The Hall–Kier alpha value is -1.72. The van der Waals surface area contributed by atoms with Crippen LogP contribution < -0.4 is 0 Å². The lowest BCUT2D eigenvalue weighted by Crippen LogP contribution is -2.60. The van der Waals surface area contributed by atoms with Crippen LogP contribution in [0.2, 0.25) is 0 Å². The first-order valence-electron chi connectivity index (χ1n) is 18.5. The van der Waals surface area contributed by atoms with Gasteiger partial charge in [0.2, 0.25) is 0 Å². The molecule has 1 aromatic rings. The normalized spacial score (nSPS) is 45.5. The highest BCUT2D eigenvalue weighted by atomic mass is 16.7. The lowest BCUT2D eigenvalue weighted by Gasteiger charge is -2.48. The van der Waals surface area contributed by atoms with Gasteiger partial charge in [-0.3, -0.25) is 14.4 Å². The van der Waals surface area contributed by atoms with E-state index in [-0.39, 0.29) is 30.5 Å². The smallest absolute Gasteiger partial charge is 0.312 e. The number of hydrogen-bond donors (Lipinski definition) is 3. The van der Waals surface area contributed by atoms with Gasteiger partial charge in [-0.2, -0.15) is 5.10 Å². The quantitative estimate of drug-likeness (QED) is 0.353. The third kappa shape index (κ3) is 9.51. The number of carbonyl (C=O) groups excluding carboxylic acids is 1. The van der Waals surface area contributed by atoms with Gasteiger partial charge >= 0.3 is 5.97 Å². The van der Waals surface area contributed by atoms with Gasteiger partial charge < -0.3 is 48.6 Å². The average molecular weight is 727 g/mol. The highest BCUT2D eigenvalue weighted by Crippen LogP contribution is 2.40. The summed E-state index contributed by atoms with van der Waals surface area (Å²) in [5.74, 6) is -2.08. The van der Waals surface area contributed by atoms with Gasteiger partial charge in [0.05, 0.1) is 41.5 Å². The molecule has 3 aliphatic rings. The first-order valence-corrected chi connectivity index (χ1v) is 18.5. The number of cyclic esters (lactones) is 1. The van der Waals surface area contributed by atoms with Gasteiger partial charge in [0.15, 0.2) is 18.7 Å². The van der Waals surface area contributed by atoms with Crippen LogP contribution in [0.5, 0.6) is 0 Å². The van der Waals surface area contributed by atoms with Crippen LogP contribution in [0.25, 0.3) is 0 Å². The molecule has 0 saturated carbocycles. The second-order valence-corrected chi connectivity index (χ2v) is 16.4. The van der Waals surface area contributed by atoms with E-state index in [0.717, 1.165) is 0 Å². The lowest BCUT2D eigenvalue weighted by molar-refractivity contribution is -0.317. The molecule has 14 heteroatoms. The van der Waals surface area contributed by atoms with Crippen molar-refractivity contribution in [2.24, 2.45) is 24.8 Å². The van der Waals surface area contributed by atoms with Crippen LogP contribution >= 0.6 is 0 Å². The number of nitrogens with zero attached hydrogens (tertiary/aromatic N) is 4. The van der Waals surface area contributed by atoms with Crippen LogP contribution in [0.1, 0.15) is 86.5 Å². The number of hydrogen-bond acceptors (Lipinski definition) is 13. The van der Waals surface area contributed by atoms with Crippen LogP contribution in [0.15, 0.2) is 12.3 Å². The number of methoxy groups -OCH3 is 1. The number of aryl methyl sites for hydroxylation is 1. The average Bonchev–Trinajstić information content (AvgIpc) is 3.48. The minimum Gasteiger partial charge on any atom is -0.454 e. The minimum absolute atomic E-state index is 0.0274. The number of carbonyl (C=O) groups is 1. The molecule has 0 aromatic carbocycles. The number of aromatic nitrogens is 2. The molecule has 16 atom stereocenters. The molecule has 3 aliphatic heterocycles.